The lowest BCUT2D eigenvalue weighted by molar-refractivity contribution is 0.0210. The van der Waals surface area contributed by atoms with E-state index in [0.29, 0.717) is 37.9 Å². The van der Waals surface area contributed by atoms with E-state index in [1.807, 2.05) is 0 Å². The summed E-state index contributed by atoms with van der Waals surface area (Å²) >= 11 is 6.72. The van der Waals surface area contributed by atoms with Gasteiger partial charge in [0.25, 0.3) is 15.9 Å². The number of ether oxygens (including phenoxy) is 7. The van der Waals surface area contributed by atoms with Crippen LogP contribution in [0.3, 0.4) is 0 Å². The molecule has 1 fully saturated rings. The van der Waals surface area contributed by atoms with Crippen LogP contribution in [-0.4, -0.2) is 94.0 Å². The van der Waals surface area contributed by atoms with Crippen LogP contribution in [0.15, 0.2) is 71.8 Å². The van der Waals surface area contributed by atoms with Crippen LogP contribution in [0.2, 0.25) is 0 Å². The van der Waals surface area contributed by atoms with Crippen LogP contribution in [0.5, 0.6) is 23.1 Å². The number of rotatable bonds is 12. The molecule has 6 rings (SSSR count). The maximum atomic E-state index is 13.8. The molecule has 2 aromatic heterocycles. The van der Waals surface area contributed by atoms with Gasteiger partial charge in [-0.25, -0.2) is 18.2 Å². The van der Waals surface area contributed by atoms with Crippen molar-refractivity contribution in [1.82, 2.24) is 15.0 Å². The van der Waals surface area contributed by atoms with Gasteiger partial charge in [-0.15, -0.1) is 0 Å². The number of alkyl halides is 1. The first-order chi connectivity index (χ1) is 23.2. The standard InChI is InChI=1S/C30H31ClN6O10S/c1-41-30(31)10-4-2-6-23(30)47-25-26(36-48(39,40)20-8-9-21-22(18-20)46-19-45-21)34-28(37-12-14-42-15-13-37)35-27(25)43-16-17-44-29(38)33-24-7-3-5-11-32-24/h2-11,18,23H,12-17,19H2,1H3,(H,32,33,38)(H,34,35,36). The van der Waals surface area contributed by atoms with Crippen molar-refractivity contribution in [2.75, 3.05) is 68.4 Å². The van der Waals surface area contributed by atoms with Crippen LogP contribution in [0.4, 0.5) is 22.4 Å². The van der Waals surface area contributed by atoms with Gasteiger partial charge in [-0.2, -0.15) is 9.97 Å². The van der Waals surface area contributed by atoms with Crippen LogP contribution in [0.25, 0.3) is 0 Å². The van der Waals surface area contributed by atoms with Crippen molar-refractivity contribution in [2.45, 2.75) is 16.1 Å². The lowest BCUT2D eigenvalue weighted by atomic mass is 10.1. The summed E-state index contributed by atoms with van der Waals surface area (Å²) in [5, 5.41) is 1.04. The van der Waals surface area contributed by atoms with Crippen LogP contribution < -0.4 is 33.9 Å². The predicted octanol–water partition coefficient (Wildman–Crippen LogP) is 3.32. The minimum atomic E-state index is -4.30. The lowest BCUT2D eigenvalue weighted by Gasteiger charge is -2.32. The minimum Gasteiger partial charge on any atom is -0.473 e. The number of halogens is 1. The maximum absolute atomic E-state index is 13.8. The minimum absolute atomic E-state index is 0.0304. The molecule has 0 saturated carbocycles. The molecule has 1 aromatic carbocycles. The predicted molar refractivity (Wildman–Crippen MR) is 171 cm³/mol. The third-order valence-corrected chi connectivity index (χ3v) is 8.95. The van der Waals surface area contributed by atoms with E-state index in [1.54, 1.807) is 47.4 Å². The number of fused-ring (bicyclic) bond motifs is 1. The Morgan fingerprint density at radius 3 is 2.73 bits per heavy atom. The molecule has 0 bridgehead atoms. The molecule has 48 heavy (non-hydrogen) atoms. The third-order valence-electron chi connectivity index (χ3n) is 7.12. The summed E-state index contributed by atoms with van der Waals surface area (Å²) in [5.41, 5.74) is 0. The van der Waals surface area contributed by atoms with Gasteiger partial charge in [-0.05, 0) is 36.4 Å². The fraction of sp³-hybridized carbons (Fsp3) is 0.333. The number of sulfonamides is 1. The molecule has 0 radical (unpaired) electrons. The van der Waals surface area contributed by atoms with E-state index in [2.05, 4.69) is 25.0 Å². The topological polar surface area (TPSA) is 182 Å². The van der Waals surface area contributed by atoms with Crippen LogP contribution in [0.1, 0.15) is 0 Å². The number of pyridine rings is 1. The second-order valence-corrected chi connectivity index (χ2v) is 12.5. The van der Waals surface area contributed by atoms with Gasteiger partial charge in [0, 0.05) is 32.5 Å². The second-order valence-electron chi connectivity index (χ2n) is 10.2. The average molecular weight is 703 g/mol. The number of methoxy groups -OCH3 is 1. The summed E-state index contributed by atoms with van der Waals surface area (Å²) in [6, 6.07) is 9.22. The Bertz CT molecular complexity index is 1790. The quantitative estimate of drug-likeness (QED) is 0.207. The zero-order valence-corrected chi connectivity index (χ0v) is 27.1. The van der Waals surface area contributed by atoms with Gasteiger partial charge in [0.15, 0.2) is 23.4 Å². The van der Waals surface area contributed by atoms with Gasteiger partial charge < -0.3 is 38.1 Å². The third kappa shape index (κ3) is 7.65. The van der Waals surface area contributed by atoms with Crippen molar-refractivity contribution in [3.63, 3.8) is 0 Å². The summed E-state index contributed by atoms with van der Waals surface area (Å²) in [6.07, 6.45) is 6.36. The molecule has 16 nitrogen and oxygen atoms in total. The Morgan fingerprint density at radius 1 is 1.10 bits per heavy atom. The first-order valence-corrected chi connectivity index (χ1v) is 16.5. The fourth-order valence-corrected chi connectivity index (χ4v) is 5.90. The number of nitrogens with one attached hydrogen (secondary N) is 2. The molecule has 2 aliphatic heterocycles. The molecule has 4 heterocycles. The van der Waals surface area contributed by atoms with E-state index in [1.165, 1.54) is 31.5 Å². The number of allylic oxidation sites excluding steroid dienone is 2. The molecule has 3 aromatic rings. The number of benzene rings is 1. The van der Waals surface area contributed by atoms with Gasteiger partial charge in [0.05, 0.1) is 18.1 Å². The number of anilines is 3. The fourth-order valence-electron chi connectivity index (χ4n) is 4.69. The summed E-state index contributed by atoms with van der Waals surface area (Å²) in [6.45, 7) is 1.21. The van der Waals surface area contributed by atoms with Crippen molar-refractivity contribution in [1.29, 1.82) is 0 Å². The van der Waals surface area contributed by atoms with Gasteiger partial charge in [-0.1, -0.05) is 29.8 Å². The Balaban J connectivity index is 1.32. The van der Waals surface area contributed by atoms with Crippen molar-refractivity contribution < 1.29 is 46.4 Å². The molecular formula is C30H31ClN6O10S. The molecule has 1 saturated heterocycles. The van der Waals surface area contributed by atoms with E-state index in [9.17, 15) is 13.2 Å². The van der Waals surface area contributed by atoms with Crippen LogP contribution >= 0.6 is 11.6 Å². The van der Waals surface area contributed by atoms with E-state index in [4.69, 9.17) is 44.8 Å². The highest BCUT2D eigenvalue weighted by Gasteiger charge is 2.39. The number of carbonyl (C=O) groups is 1. The largest absolute Gasteiger partial charge is 0.473 e. The first kappa shape index (κ1) is 33.1. The normalized spacial score (nSPS) is 19.9. The molecular weight excluding hydrogens is 672 g/mol. The second kappa shape index (κ2) is 14.5. The van der Waals surface area contributed by atoms with E-state index < -0.39 is 27.3 Å². The highest BCUT2D eigenvalue weighted by molar-refractivity contribution is 7.92. The molecule has 3 aliphatic rings. The molecule has 1 aliphatic carbocycles. The number of carbonyl (C=O) groups excluding carboxylic acids is 1. The monoisotopic (exact) mass is 702 g/mol. The van der Waals surface area contributed by atoms with E-state index >= 15 is 0 Å². The summed E-state index contributed by atoms with van der Waals surface area (Å²) in [4.78, 5) is 27.1. The maximum Gasteiger partial charge on any atom is 0.412 e. The zero-order valence-electron chi connectivity index (χ0n) is 25.5. The highest BCUT2D eigenvalue weighted by Crippen LogP contribution is 2.41. The van der Waals surface area contributed by atoms with Crippen LogP contribution in [0, 0.1) is 0 Å². The average Bonchev–Trinajstić information content (AvgIpc) is 3.58. The Labute approximate surface area is 280 Å². The van der Waals surface area contributed by atoms with E-state index in [-0.39, 0.29) is 54.0 Å². The number of nitrogens with zero attached hydrogens (tertiary/aromatic N) is 4. The summed E-state index contributed by atoms with van der Waals surface area (Å²) < 4.78 is 69.3. The molecule has 2 N–H and O–H groups in total. The first-order valence-electron chi connectivity index (χ1n) is 14.7. The number of hydrogen-bond donors (Lipinski definition) is 2. The molecule has 0 spiro atoms. The summed E-state index contributed by atoms with van der Waals surface area (Å²) in [7, 11) is -2.90. The van der Waals surface area contributed by atoms with Gasteiger partial charge in [-0.3, -0.25) is 10.0 Å². The molecule has 2 atom stereocenters. The SMILES string of the molecule is COC1(Cl)C=CC=CC1Oc1c(NS(=O)(=O)c2ccc3c(c2)OCO3)nc(N2CCOCC2)nc1OCCOC(=O)Nc1ccccn1. The van der Waals surface area contributed by atoms with Crippen molar-refractivity contribution in [2.24, 2.45) is 0 Å². The van der Waals surface area contributed by atoms with Crippen molar-refractivity contribution in [3.8, 4) is 23.1 Å². The molecule has 254 valence electrons. The molecule has 18 heteroatoms. The Kier molecular flexibility index (Phi) is 10.00. The number of aromatic nitrogens is 3. The van der Waals surface area contributed by atoms with Gasteiger partial charge in [0.1, 0.15) is 19.0 Å². The lowest BCUT2D eigenvalue weighted by Crippen LogP contribution is -2.41. The van der Waals surface area contributed by atoms with Crippen molar-refractivity contribution >= 4 is 45.3 Å². The highest BCUT2D eigenvalue weighted by atomic mass is 35.5. The van der Waals surface area contributed by atoms with Gasteiger partial charge in [0.2, 0.25) is 23.6 Å². The number of amides is 1. The smallest absolute Gasteiger partial charge is 0.412 e. The van der Waals surface area contributed by atoms with Crippen LogP contribution in [-0.2, 0) is 24.2 Å². The molecule has 2 unspecified atom stereocenters. The van der Waals surface area contributed by atoms with Crippen molar-refractivity contribution in [3.05, 3.63) is 66.9 Å². The number of hydrogen-bond acceptors (Lipinski definition) is 14. The molecule has 1 amide bonds. The van der Waals surface area contributed by atoms with Gasteiger partial charge >= 0.3 is 6.09 Å². The number of morpholine rings is 1. The Morgan fingerprint density at radius 2 is 1.94 bits per heavy atom. The summed E-state index contributed by atoms with van der Waals surface area (Å²) in [5.74, 6) is 0.543. The van der Waals surface area contributed by atoms with E-state index in [0.717, 1.165) is 0 Å². The zero-order chi connectivity index (χ0) is 33.6. The Hall–Kier alpha value is -4.84.